The Morgan fingerprint density at radius 1 is 0.833 bits per heavy atom. The standard InChI is InChI=1S/C25H34N4O/c30-25(27-17-23-13-15-29(20-23)24-11-5-2-6-12-24)26-16-22-10-7-14-28(19-22)18-21-8-3-1-4-9-21/h1-6,8-9,11-12,22-23H,7,10,13-20H2,(H2,26,27,30)/t22-,23+/m1/s1. The predicted molar refractivity (Wildman–Crippen MR) is 123 cm³/mol. The van der Waals surface area contributed by atoms with Crippen LogP contribution in [0.3, 0.4) is 0 Å². The zero-order chi connectivity index (χ0) is 20.6. The Labute approximate surface area is 180 Å². The Morgan fingerprint density at radius 2 is 1.50 bits per heavy atom. The van der Waals surface area contributed by atoms with Crippen LogP contribution in [0.2, 0.25) is 0 Å². The Balaban J connectivity index is 1.14. The molecule has 30 heavy (non-hydrogen) atoms. The number of carbonyl (C=O) groups is 1. The number of urea groups is 1. The average molecular weight is 407 g/mol. The summed E-state index contributed by atoms with van der Waals surface area (Å²) in [6, 6.07) is 21.2. The molecule has 0 aromatic heterocycles. The van der Waals surface area contributed by atoms with Gasteiger partial charge < -0.3 is 15.5 Å². The number of amides is 2. The monoisotopic (exact) mass is 406 g/mol. The fraction of sp³-hybridized carbons (Fsp3) is 0.480. The molecule has 0 spiro atoms. The van der Waals surface area contributed by atoms with Gasteiger partial charge in [0.15, 0.2) is 0 Å². The van der Waals surface area contributed by atoms with Gasteiger partial charge in [0.1, 0.15) is 0 Å². The van der Waals surface area contributed by atoms with Gasteiger partial charge >= 0.3 is 6.03 Å². The van der Waals surface area contributed by atoms with E-state index in [1.807, 2.05) is 0 Å². The number of para-hydroxylation sites is 1. The first-order chi connectivity index (χ1) is 14.8. The number of nitrogens with zero attached hydrogens (tertiary/aromatic N) is 2. The van der Waals surface area contributed by atoms with E-state index in [2.05, 4.69) is 81.1 Å². The first-order valence-corrected chi connectivity index (χ1v) is 11.3. The summed E-state index contributed by atoms with van der Waals surface area (Å²) < 4.78 is 0. The molecule has 2 atom stereocenters. The average Bonchev–Trinajstić information content (AvgIpc) is 3.27. The zero-order valence-electron chi connectivity index (χ0n) is 17.8. The van der Waals surface area contributed by atoms with Crippen LogP contribution in [0.25, 0.3) is 0 Å². The van der Waals surface area contributed by atoms with Crippen LogP contribution in [-0.4, -0.2) is 50.2 Å². The first kappa shape index (κ1) is 20.7. The molecule has 5 heteroatoms. The number of piperidine rings is 1. The molecular formula is C25H34N4O. The van der Waals surface area contributed by atoms with Crippen LogP contribution in [0.4, 0.5) is 10.5 Å². The first-order valence-electron chi connectivity index (χ1n) is 11.3. The second-order valence-electron chi connectivity index (χ2n) is 8.76. The summed E-state index contributed by atoms with van der Waals surface area (Å²) in [7, 11) is 0. The van der Waals surface area contributed by atoms with Gasteiger partial charge in [-0.25, -0.2) is 4.79 Å². The molecule has 2 aromatic rings. The number of benzene rings is 2. The van der Waals surface area contributed by atoms with E-state index in [1.165, 1.54) is 24.1 Å². The van der Waals surface area contributed by atoms with E-state index in [0.717, 1.165) is 52.2 Å². The van der Waals surface area contributed by atoms with E-state index in [-0.39, 0.29) is 6.03 Å². The van der Waals surface area contributed by atoms with Crippen molar-refractivity contribution < 1.29 is 4.79 Å². The minimum Gasteiger partial charge on any atom is -0.371 e. The maximum atomic E-state index is 12.3. The third kappa shape index (κ3) is 5.99. The van der Waals surface area contributed by atoms with Crippen molar-refractivity contribution in [3.8, 4) is 0 Å². The number of carbonyl (C=O) groups excluding carboxylic acids is 1. The van der Waals surface area contributed by atoms with E-state index in [0.29, 0.717) is 11.8 Å². The number of rotatable bonds is 7. The van der Waals surface area contributed by atoms with Gasteiger partial charge in [-0.1, -0.05) is 48.5 Å². The van der Waals surface area contributed by atoms with E-state index >= 15 is 0 Å². The summed E-state index contributed by atoms with van der Waals surface area (Å²) in [5.41, 5.74) is 2.65. The highest BCUT2D eigenvalue weighted by molar-refractivity contribution is 5.73. The molecule has 2 saturated heterocycles. The summed E-state index contributed by atoms with van der Waals surface area (Å²) in [5.74, 6) is 1.06. The van der Waals surface area contributed by atoms with Gasteiger partial charge in [0.05, 0.1) is 0 Å². The predicted octanol–water partition coefficient (Wildman–Crippen LogP) is 3.72. The number of nitrogens with one attached hydrogen (secondary N) is 2. The molecule has 160 valence electrons. The van der Waals surface area contributed by atoms with Crippen molar-refractivity contribution >= 4 is 11.7 Å². The normalized spacial score (nSPS) is 22.1. The van der Waals surface area contributed by atoms with Crippen molar-refractivity contribution in [2.75, 3.05) is 44.2 Å². The zero-order valence-corrected chi connectivity index (χ0v) is 17.8. The molecule has 0 saturated carbocycles. The summed E-state index contributed by atoms with van der Waals surface area (Å²) in [6.07, 6.45) is 3.53. The molecule has 0 aliphatic carbocycles. The highest BCUT2D eigenvalue weighted by Gasteiger charge is 2.24. The van der Waals surface area contributed by atoms with Crippen molar-refractivity contribution in [3.63, 3.8) is 0 Å². The van der Waals surface area contributed by atoms with Crippen LogP contribution in [0.1, 0.15) is 24.8 Å². The fourth-order valence-corrected chi connectivity index (χ4v) is 4.71. The largest absolute Gasteiger partial charge is 0.371 e. The van der Waals surface area contributed by atoms with Crippen molar-refractivity contribution in [1.29, 1.82) is 0 Å². The Kier molecular flexibility index (Phi) is 7.25. The summed E-state index contributed by atoms with van der Waals surface area (Å²) in [5, 5.41) is 6.21. The van der Waals surface area contributed by atoms with Crippen LogP contribution in [-0.2, 0) is 6.54 Å². The lowest BCUT2D eigenvalue weighted by Crippen LogP contribution is -2.44. The van der Waals surface area contributed by atoms with Gasteiger partial charge in [-0.2, -0.15) is 0 Å². The lowest BCUT2D eigenvalue weighted by atomic mass is 9.97. The van der Waals surface area contributed by atoms with Crippen molar-refractivity contribution in [3.05, 3.63) is 66.2 Å². The highest BCUT2D eigenvalue weighted by Crippen LogP contribution is 2.23. The van der Waals surface area contributed by atoms with Crippen molar-refractivity contribution in [1.82, 2.24) is 15.5 Å². The smallest absolute Gasteiger partial charge is 0.314 e. The van der Waals surface area contributed by atoms with Crippen LogP contribution in [0.15, 0.2) is 60.7 Å². The Hall–Kier alpha value is -2.53. The summed E-state index contributed by atoms with van der Waals surface area (Å²) in [4.78, 5) is 17.2. The van der Waals surface area contributed by atoms with Crippen LogP contribution < -0.4 is 15.5 Å². The van der Waals surface area contributed by atoms with E-state index in [1.54, 1.807) is 0 Å². The van der Waals surface area contributed by atoms with Crippen LogP contribution >= 0.6 is 0 Å². The van der Waals surface area contributed by atoms with Crippen LogP contribution in [0, 0.1) is 11.8 Å². The van der Waals surface area contributed by atoms with E-state index < -0.39 is 0 Å². The quantitative estimate of drug-likeness (QED) is 0.737. The molecule has 2 heterocycles. The maximum Gasteiger partial charge on any atom is 0.314 e. The molecule has 0 radical (unpaired) electrons. The fourth-order valence-electron chi connectivity index (χ4n) is 4.71. The number of hydrogen-bond acceptors (Lipinski definition) is 3. The molecule has 4 rings (SSSR count). The van der Waals surface area contributed by atoms with Gasteiger partial charge in [-0.05, 0) is 55.3 Å². The number of anilines is 1. The number of hydrogen-bond donors (Lipinski definition) is 2. The SMILES string of the molecule is O=C(NC[C@H]1CCCN(Cc2ccccc2)C1)NC[C@@H]1CCN(c2ccccc2)C1. The van der Waals surface area contributed by atoms with E-state index in [9.17, 15) is 4.79 Å². The van der Waals surface area contributed by atoms with Crippen molar-refractivity contribution in [2.45, 2.75) is 25.8 Å². The molecule has 2 N–H and O–H groups in total. The maximum absolute atomic E-state index is 12.3. The third-order valence-electron chi connectivity index (χ3n) is 6.36. The topological polar surface area (TPSA) is 47.6 Å². The Bertz CT molecular complexity index is 782. The minimum atomic E-state index is -0.0201. The van der Waals surface area contributed by atoms with E-state index in [4.69, 9.17) is 0 Å². The molecule has 2 aliphatic heterocycles. The van der Waals surface area contributed by atoms with Crippen LogP contribution in [0.5, 0.6) is 0 Å². The third-order valence-corrected chi connectivity index (χ3v) is 6.36. The highest BCUT2D eigenvalue weighted by atomic mass is 16.2. The van der Waals surface area contributed by atoms with Gasteiger partial charge in [0, 0.05) is 45.0 Å². The minimum absolute atomic E-state index is 0.0201. The second-order valence-corrected chi connectivity index (χ2v) is 8.76. The molecule has 2 amide bonds. The van der Waals surface area contributed by atoms with Gasteiger partial charge in [-0.3, -0.25) is 4.90 Å². The van der Waals surface area contributed by atoms with Gasteiger partial charge in [-0.15, -0.1) is 0 Å². The lowest BCUT2D eigenvalue weighted by molar-refractivity contribution is 0.165. The number of likely N-dealkylation sites (tertiary alicyclic amines) is 1. The molecule has 5 nitrogen and oxygen atoms in total. The molecule has 0 unspecified atom stereocenters. The second kappa shape index (κ2) is 10.5. The Morgan fingerprint density at radius 3 is 2.23 bits per heavy atom. The molecule has 2 aromatic carbocycles. The molecule has 2 fully saturated rings. The molecule has 2 aliphatic rings. The lowest BCUT2D eigenvalue weighted by Gasteiger charge is -2.32. The van der Waals surface area contributed by atoms with Gasteiger partial charge in [0.25, 0.3) is 0 Å². The molecular weight excluding hydrogens is 372 g/mol. The summed E-state index contributed by atoms with van der Waals surface area (Å²) >= 11 is 0. The van der Waals surface area contributed by atoms with Crippen molar-refractivity contribution in [2.24, 2.45) is 11.8 Å². The van der Waals surface area contributed by atoms with Gasteiger partial charge in [0.2, 0.25) is 0 Å². The summed E-state index contributed by atoms with van der Waals surface area (Å²) in [6.45, 7) is 6.81. The molecule has 0 bridgehead atoms.